The van der Waals surface area contributed by atoms with Crippen molar-refractivity contribution in [3.8, 4) is 0 Å². The Bertz CT molecular complexity index is 2200. The van der Waals surface area contributed by atoms with Gasteiger partial charge in [0.1, 0.15) is 171 Å². The normalized spacial score (nSPS) is 50.1. The zero-order chi connectivity index (χ0) is 65.2. The van der Waals surface area contributed by atoms with Crippen molar-refractivity contribution >= 4 is 35.5 Å². The van der Waals surface area contributed by atoms with Crippen LogP contribution in [0.25, 0.3) is 0 Å². The maximum atomic E-state index is 11.7. The number of thioether (sulfide) groups is 2. The fourth-order valence-electron chi connectivity index (χ4n) is 11.2. The number of hydrogen-bond donors (Lipinski definition) is 23. The summed E-state index contributed by atoms with van der Waals surface area (Å²) in [4.78, 5) is 23.2. The number of carboxylic acid groups (broad SMARTS) is 2. The van der Waals surface area contributed by atoms with Gasteiger partial charge in [-0.1, -0.05) is 0 Å². The fraction of sp³-hybridized carbons (Fsp3) is 0.958. The first-order valence-corrected chi connectivity index (χ1v) is 30.4. The quantitative estimate of drug-likeness (QED) is 0.0724. The number of ether oxygens (including phenoxy) is 14. The van der Waals surface area contributed by atoms with Gasteiger partial charge in [-0.2, -0.15) is 23.5 Å². The molecule has 0 saturated carbocycles. The molecule has 0 radical (unpaired) electrons. The minimum absolute atomic E-state index is 0.319. The van der Waals surface area contributed by atoms with E-state index in [-0.39, 0.29) is 11.5 Å². The standard InChI is InChI=1S/C48H80N2O37S2/c49-10(40(70)71)6-88-8-17-38-25(62)32(69)48(80-17)85-37-16(5-55)76-44(28(65)21(37)58)83-35-14(3-53)78-46(30(67)23(35)60)87-39-18(9-89-7-11(50)41(72)73)79-47(31(68)24(39)61)84-36-15(4-54)75-43(27(64)20(36)57)81-33-12(1-51)74-42(26(63)19(33)56)82-34-13(2-52)77-45(86-38)29(66)22(34)59/h10-39,42-48,51-69H,1-9,49-50H2,(H,70,71)(H,72,73)/t10-,11-,12?,13?,14?,15?,16?,17?,18?,19-,20-,21-,22-,23-,24-,25-,26?,27?,28?,29?,30?,31?,32?,33-,34-,35-,36+,37-,38-,39-,42-,43-,44+,45+,46+,47-,48-/m1/s1. The van der Waals surface area contributed by atoms with E-state index in [1.54, 1.807) is 0 Å². The first-order chi connectivity index (χ1) is 42.2. The van der Waals surface area contributed by atoms with Crippen molar-refractivity contribution in [2.24, 2.45) is 11.5 Å². The van der Waals surface area contributed by atoms with Crippen molar-refractivity contribution in [3.63, 3.8) is 0 Å². The molecule has 21 aliphatic rings. The molecule has 0 amide bonds. The van der Waals surface area contributed by atoms with Gasteiger partial charge in [0.25, 0.3) is 0 Å². The van der Waals surface area contributed by atoms with Gasteiger partial charge in [-0.25, -0.2) is 0 Å². The Hall–Kier alpha value is -1.76. The van der Waals surface area contributed by atoms with Crippen LogP contribution in [0.2, 0.25) is 0 Å². The van der Waals surface area contributed by atoms with Crippen molar-refractivity contribution in [1.29, 1.82) is 0 Å². The Balaban J connectivity index is 1.11. The van der Waals surface area contributed by atoms with E-state index < -0.39 is 284 Å². The number of aliphatic carboxylic acids is 2. The van der Waals surface area contributed by atoms with Crippen LogP contribution in [0.3, 0.4) is 0 Å². The minimum atomic E-state index is -2.27. The summed E-state index contributed by atoms with van der Waals surface area (Å²) in [6.07, 6.45) is -71.4. The van der Waals surface area contributed by atoms with E-state index in [4.69, 9.17) is 77.8 Å². The van der Waals surface area contributed by atoms with Gasteiger partial charge in [0.05, 0.1) is 45.2 Å². The van der Waals surface area contributed by atoms with Crippen molar-refractivity contribution in [2.75, 3.05) is 56.0 Å². The monoisotopic (exact) mass is 1340 g/mol. The van der Waals surface area contributed by atoms with Crippen LogP contribution in [0, 0.1) is 0 Å². The van der Waals surface area contributed by atoms with Crippen molar-refractivity contribution in [3.05, 3.63) is 0 Å². The van der Waals surface area contributed by atoms with Gasteiger partial charge in [0, 0.05) is 23.0 Å². The van der Waals surface area contributed by atoms with Crippen molar-refractivity contribution in [2.45, 2.75) is 227 Å². The topological polar surface area (TPSA) is 640 Å². The van der Waals surface area contributed by atoms with Crippen molar-refractivity contribution < 1.29 is 183 Å². The van der Waals surface area contributed by atoms with Crippen LogP contribution in [0.15, 0.2) is 0 Å². The van der Waals surface area contributed by atoms with Gasteiger partial charge in [0.2, 0.25) is 0 Å². The lowest BCUT2D eigenvalue weighted by atomic mass is 9.95. The van der Waals surface area contributed by atoms with Crippen molar-refractivity contribution in [1.82, 2.24) is 0 Å². The van der Waals surface area contributed by atoms with Gasteiger partial charge in [-0.15, -0.1) is 0 Å². The SMILES string of the molecule is N[C@H](CSCC1O[C@@H]2O[C@@H]3C(CO)O[C@@H](O[C@@H]4C(CO)O[C@@H](O[C@@H]5C(CSC[C@@H](N)C(=O)O)O[C@H](O[C@H]6C(CO)O[C@H](O[C@@H]7C(CO)O[C@H](O[C@@H]8C(CO)O[C@@H](O[C@H]1[C@H](O)C2O)C(O)[C@H]8O)C(O)[C@H]7O)C(O)[C@H]6O)C(O)[C@H]5O)C(O)[C@H]4O)C(O)[C@H]3O)C(=O)O. The number of rotatable bonds is 15. The summed E-state index contributed by atoms with van der Waals surface area (Å²) in [7, 11) is 0. The van der Waals surface area contributed by atoms with E-state index >= 15 is 0 Å². The lowest BCUT2D eigenvalue weighted by Gasteiger charge is -2.50. The Kier molecular flexibility index (Phi) is 26.2. The third-order valence-electron chi connectivity index (χ3n) is 16.2. The van der Waals surface area contributed by atoms with Crippen LogP contribution < -0.4 is 11.5 Å². The van der Waals surface area contributed by atoms with Crippen LogP contribution in [0.1, 0.15) is 0 Å². The van der Waals surface area contributed by atoms with E-state index in [9.17, 15) is 117 Å². The summed E-state index contributed by atoms with van der Waals surface area (Å²) < 4.78 is 81.6. The Morgan fingerprint density at radius 2 is 0.438 bits per heavy atom. The minimum Gasteiger partial charge on any atom is -0.480 e. The highest BCUT2D eigenvalue weighted by Crippen LogP contribution is 2.40. The predicted octanol–water partition coefficient (Wildman–Crippen LogP) is -14.9. The number of aliphatic hydroxyl groups excluding tert-OH is 19. The first-order valence-electron chi connectivity index (χ1n) is 28.1. The molecule has 21 heterocycles. The summed E-state index contributed by atoms with van der Waals surface area (Å²) in [5.74, 6) is -4.26. The maximum absolute atomic E-state index is 11.7. The highest BCUT2D eigenvalue weighted by molar-refractivity contribution is 7.99. The van der Waals surface area contributed by atoms with Gasteiger partial charge in [0.15, 0.2) is 44.0 Å². The smallest absolute Gasteiger partial charge is 0.321 e. The van der Waals surface area contributed by atoms with Gasteiger partial charge >= 0.3 is 11.9 Å². The second-order valence-corrected chi connectivity index (χ2v) is 24.4. The van der Waals surface area contributed by atoms with E-state index in [0.717, 1.165) is 23.5 Å². The third-order valence-corrected chi connectivity index (χ3v) is 18.5. The molecule has 14 unspecified atom stereocenters. The van der Waals surface area contributed by atoms with E-state index in [2.05, 4.69) is 0 Å². The summed E-state index contributed by atoms with van der Waals surface area (Å²) in [6.45, 7) is -5.43. The molecule has 37 atom stereocenters. The largest absolute Gasteiger partial charge is 0.480 e. The summed E-state index contributed by atoms with van der Waals surface area (Å²) >= 11 is 1.60. The molecule has 14 bridgehead atoms. The van der Waals surface area contributed by atoms with E-state index in [1.165, 1.54) is 0 Å². The molecule has 0 spiro atoms. The van der Waals surface area contributed by atoms with Crippen LogP contribution in [0.5, 0.6) is 0 Å². The highest BCUT2D eigenvalue weighted by Gasteiger charge is 2.60. The molecular weight excluding hydrogens is 1260 g/mol. The average Bonchev–Trinajstić information content (AvgIpc) is 0.983. The molecule has 25 N–H and O–H groups in total. The summed E-state index contributed by atoms with van der Waals surface area (Å²) in [5.41, 5.74) is 11.4. The van der Waals surface area contributed by atoms with E-state index in [0.29, 0.717) is 0 Å². The molecule has 21 fully saturated rings. The molecule has 39 nitrogen and oxygen atoms in total. The molecular formula is C48H80N2O37S2. The molecule has 21 saturated heterocycles. The molecule has 0 aliphatic carbocycles. The Labute approximate surface area is 511 Å². The zero-order valence-corrected chi connectivity index (χ0v) is 48.3. The van der Waals surface area contributed by atoms with Gasteiger partial charge < -0.3 is 185 Å². The number of aliphatic hydroxyl groups is 19. The van der Waals surface area contributed by atoms with Crippen LogP contribution in [0.4, 0.5) is 0 Å². The second kappa shape index (κ2) is 31.9. The molecule has 0 aromatic rings. The third kappa shape index (κ3) is 15.9. The van der Waals surface area contributed by atoms with Crippen LogP contribution in [-0.2, 0) is 75.9 Å². The van der Waals surface area contributed by atoms with Crippen LogP contribution in [-0.4, -0.2) is 402 Å². The molecule has 41 heteroatoms. The maximum Gasteiger partial charge on any atom is 0.321 e. The number of hydrogen-bond acceptors (Lipinski definition) is 39. The highest BCUT2D eigenvalue weighted by atomic mass is 32.2. The van der Waals surface area contributed by atoms with Gasteiger partial charge in [-0.05, 0) is 0 Å². The molecule has 0 aromatic heterocycles. The molecule has 0 aromatic carbocycles. The second-order valence-electron chi connectivity index (χ2n) is 22.3. The number of carboxylic acids is 2. The van der Waals surface area contributed by atoms with Crippen LogP contribution >= 0.6 is 23.5 Å². The summed E-state index contributed by atoms with van der Waals surface area (Å²) in [6, 6.07) is -2.94. The lowest BCUT2D eigenvalue weighted by molar-refractivity contribution is -0.395. The zero-order valence-electron chi connectivity index (χ0n) is 46.6. The van der Waals surface area contributed by atoms with Gasteiger partial charge in [-0.3, -0.25) is 9.59 Å². The number of nitrogens with two attached hydrogens (primary N) is 2. The summed E-state index contributed by atoms with van der Waals surface area (Å²) in [5, 5.41) is 233. The predicted molar refractivity (Wildman–Crippen MR) is 280 cm³/mol. The Morgan fingerprint density at radius 1 is 0.281 bits per heavy atom. The average molecular weight is 1340 g/mol. The lowest BCUT2D eigenvalue weighted by Crippen LogP contribution is -2.68. The number of carbonyl (C=O) groups is 2. The molecule has 21 rings (SSSR count). The fourth-order valence-corrected chi connectivity index (χ4v) is 13.2. The molecule has 89 heavy (non-hydrogen) atoms. The van der Waals surface area contributed by atoms with E-state index in [1.807, 2.05) is 0 Å². The Morgan fingerprint density at radius 3 is 0.596 bits per heavy atom. The molecule has 516 valence electrons. The first kappa shape index (κ1) is 73.1. The molecule has 21 aliphatic heterocycles.